The number of aliphatic hydroxyl groups excluding tert-OH is 1. The summed E-state index contributed by atoms with van der Waals surface area (Å²) in [7, 11) is 1.51. The van der Waals surface area contributed by atoms with Gasteiger partial charge in [0.2, 0.25) is 0 Å². The van der Waals surface area contributed by atoms with Crippen LogP contribution in [-0.4, -0.2) is 18.2 Å². The molecule has 0 spiro atoms. The molecule has 1 N–H and O–H groups in total. The summed E-state index contributed by atoms with van der Waals surface area (Å²) in [5.41, 5.74) is 2.07. The fourth-order valence-corrected chi connectivity index (χ4v) is 5.99. The molecule has 0 saturated heterocycles. The van der Waals surface area contributed by atoms with Crippen molar-refractivity contribution in [2.75, 3.05) is 7.11 Å². The molecule has 4 nitrogen and oxygen atoms in total. The van der Waals surface area contributed by atoms with E-state index in [0.29, 0.717) is 17.6 Å². The number of methoxy groups -OCH3 is 1. The van der Waals surface area contributed by atoms with E-state index in [-0.39, 0.29) is 18.0 Å². The first-order valence-corrected chi connectivity index (χ1v) is 9.79. The molecule has 0 amide bonds. The summed E-state index contributed by atoms with van der Waals surface area (Å²) >= 11 is 0. The Balaban J connectivity index is 1.85. The van der Waals surface area contributed by atoms with Gasteiger partial charge >= 0.3 is 5.97 Å². The fourth-order valence-electron chi connectivity index (χ4n) is 5.99. The zero-order valence-corrected chi connectivity index (χ0v) is 16.3. The van der Waals surface area contributed by atoms with Gasteiger partial charge in [0.25, 0.3) is 0 Å². The summed E-state index contributed by atoms with van der Waals surface area (Å²) in [5, 5.41) is 9.43. The zero-order chi connectivity index (χ0) is 18.9. The number of hydrogen-bond donors (Lipinski definition) is 1. The highest BCUT2D eigenvalue weighted by Gasteiger charge is 2.57. The molecule has 1 aromatic rings. The highest BCUT2D eigenvalue weighted by Crippen LogP contribution is 2.62. The standard InChI is InChI=1S/C22H32O4/c1-15-6-9-19-21(2,11-5-12-22(19,3)20(24)25-4)17(15)8-7-16-10-13-26-18(16)14-23/h10,13,17,19,23H,1,5-9,11-12,14H2,2-4H3/t17-,19-,21+,22+/m0/s1. The molecular weight excluding hydrogens is 328 g/mol. The van der Waals surface area contributed by atoms with Gasteiger partial charge in [-0.05, 0) is 74.3 Å². The number of carbonyl (C=O) groups excluding carboxylic acids is 1. The van der Waals surface area contributed by atoms with Gasteiger partial charge in [0.1, 0.15) is 12.4 Å². The van der Waals surface area contributed by atoms with Crippen LogP contribution in [0.1, 0.15) is 63.7 Å². The number of carbonyl (C=O) groups is 1. The molecule has 1 aromatic heterocycles. The van der Waals surface area contributed by atoms with Gasteiger partial charge in [0.05, 0.1) is 18.8 Å². The van der Waals surface area contributed by atoms with Gasteiger partial charge in [-0.25, -0.2) is 0 Å². The smallest absolute Gasteiger partial charge is 0.311 e. The van der Waals surface area contributed by atoms with Gasteiger partial charge in [0, 0.05) is 0 Å². The van der Waals surface area contributed by atoms with E-state index in [2.05, 4.69) is 20.4 Å². The Labute approximate surface area is 156 Å². The number of aryl methyl sites for hydroxylation is 1. The van der Waals surface area contributed by atoms with Crippen LogP contribution in [-0.2, 0) is 22.6 Å². The van der Waals surface area contributed by atoms with Crippen molar-refractivity contribution in [1.82, 2.24) is 0 Å². The van der Waals surface area contributed by atoms with Crippen LogP contribution in [0.5, 0.6) is 0 Å². The lowest BCUT2D eigenvalue weighted by Gasteiger charge is -2.57. The van der Waals surface area contributed by atoms with Crippen LogP contribution >= 0.6 is 0 Å². The molecule has 0 bridgehead atoms. The molecule has 0 radical (unpaired) electrons. The third-order valence-electron chi connectivity index (χ3n) is 7.36. The molecule has 2 aliphatic carbocycles. The summed E-state index contributed by atoms with van der Waals surface area (Å²) < 4.78 is 10.6. The Bertz CT molecular complexity index is 675. The van der Waals surface area contributed by atoms with Crippen LogP contribution in [0.15, 0.2) is 28.9 Å². The van der Waals surface area contributed by atoms with Crippen molar-refractivity contribution in [3.05, 3.63) is 35.8 Å². The minimum Gasteiger partial charge on any atom is -0.469 e. The van der Waals surface area contributed by atoms with Crippen molar-refractivity contribution in [2.24, 2.45) is 22.7 Å². The summed E-state index contributed by atoms with van der Waals surface area (Å²) in [6.45, 7) is 8.80. The predicted octanol–water partition coefficient (Wildman–Crippen LogP) is 4.66. The molecule has 26 heavy (non-hydrogen) atoms. The normalized spacial score (nSPS) is 34.4. The minimum atomic E-state index is -0.396. The van der Waals surface area contributed by atoms with E-state index >= 15 is 0 Å². The number of allylic oxidation sites excluding steroid dienone is 1. The van der Waals surface area contributed by atoms with E-state index in [0.717, 1.165) is 50.5 Å². The SMILES string of the molecule is C=C1CC[C@H]2[C@](C)(CCC[C@@]2(C)C(=O)OC)[C@H]1CCc1ccoc1CO. The summed E-state index contributed by atoms with van der Waals surface area (Å²) in [5.74, 6) is 1.31. The molecule has 0 aromatic carbocycles. The third-order valence-corrected chi connectivity index (χ3v) is 7.36. The van der Waals surface area contributed by atoms with Crippen LogP contribution in [0.25, 0.3) is 0 Å². The molecule has 4 atom stereocenters. The Hall–Kier alpha value is -1.55. The monoisotopic (exact) mass is 360 g/mol. The molecule has 144 valence electrons. The average molecular weight is 360 g/mol. The number of hydrogen-bond acceptors (Lipinski definition) is 4. The topological polar surface area (TPSA) is 59.7 Å². The van der Waals surface area contributed by atoms with Crippen LogP contribution in [0.4, 0.5) is 0 Å². The maximum absolute atomic E-state index is 12.6. The molecule has 2 fully saturated rings. The van der Waals surface area contributed by atoms with Crippen LogP contribution in [0.3, 0.4) is 0 Å². The van der Waals surface area contributed by atoms with Crippen molar-refractivity contribution in [2.45, 2.75) is 65.4 Å². The first kappa shape index (κ1) is 19.2. The first-order chi connectivity index (χ1) is 12.4. The molecular formula is C22H32O4. The average Bonchev–Trinajstić information content (AvgIpc) is 3.07. The van der Waals surface area contributed by atoms with E-state index in [4.69, 9.17) is 9.15 Å². The highest BCUT2D eigenvalue weighted by molar-refractivity contribution is 5.77. The van der Waals surface area contributed by atoms with Crippen LogP contribution in [0.2, 0.25) is 0 Å². The second-order valence-electron chi connectivity index (χ2n) is 8.64. The summed E-state index contributed by atoms with van der Waals surface area (Å²) in [6.07, 6.45) is 8.59. The second kappa shape index (κ2) is 7.22. The van der Waals surface area contributed by atoms with E-state index < -0.39 is 5.41 Å². The number of rotatable bonds is 5. The van der Waals surface area contributed by atoms with Crippen molar-refractivity contribution in [3.8, 4) is 0 Å². The van der Waals surface area contributed by atoms with Gasteiger partial charge in [-0.2, -0.15) is 0 Å². The number of aliphatic hydroxyl groups is 1. The van der Waals surface area contributed by atoms with Gasteiger partial charge in [-0.3, -0.25) is 4.79 Å². The fraction of sp³-hybridized carbons (Fsp3) is 0.682. The van der Waals surface area contributed by atoms with E-state index in [1.807, 2.05) is 6.07 Å². The van der Waals surface area contributed by atoms with Crippen molar-refractivity contribution in [1.29, 1.82) is 0 Å². The molecule has 4 heteroatoms. The number of esters is 1. The maximum Gasteiger partial charge on any atom is 0.311 e. The van der Waals surface area contributed by atoms with E-state index in [1.165, 1.54) is 12.7 Å². The largest absolute Gasteiger partial charge is 0.469 e. The number of fused-ring (bicyclic) bond motifs is 1. The lowest BCUT2D eigenvalue weighted by Crippen LogP contribution is -2.53. The Morgan fingerprint density at radius 1 is 1.42 bits per heavy atom. The molecule has 2 saturated carbocycles. The van der Waals surface area contributed by atoms with Gasteiger partial charge in [-0.15, -0.1) is 0 Å². The van der Waals surface area contributed by atoms with Crippen molar-refractivity contribution >= 4 is 5.97 Å². The number of furan rings is 1. The van der Waals surface area contributed by atoms with Crippen molar-refractivity contribution in [3.63, 3.8) is 0 Å². The lowest BCUT2D eigenvalue weighted by atomic mass is 9.46. The highest BCUT2D eigenvalue weighted by atomic mass is 16.5. The van der Waals surface area contributed by atoms with E-state index in [9.17, 15) is 9.90 Å². The van der Waals surface area contributed by atoms with Gasteiger partial charge < -0.3 is 14.3 Å². The van der Waals surface area contributed by atoms with Crippen molar-refractivity contribution < 1.29 is 19.1 Å². The van der Waals surface area contributed by atoms with Crippen LogP contribution in [0, 0.1) is 22.7 Å². The molecule has 3 rings (SSSR count). The van der Waals surface area contributed by atoms with Crippen LogP contribution < -0.4 is 0 Å². The lowest BCUT2D eigenvalue weighted by molar-refractivity contribution is -0.168. The predicted molar refractivity (Wildman–Crippen MR) is 100 cm³/mol. The molecule has 0 aliphatic heterocycles. The molecule has 2 aliphatic rings. The van der Waals surface area contributed by atoms with E-state index in [1.54, 1.807) is 6.26 Å². The summed E-state index contributed by atoms with van der Waals surface area (Å²) in [4.78, 5) is 12.6. The van der Waals surface area contributed by atoms with Gasteiger partial charge in [0.15, 0.2) is 0 Å². The Kier molecular flexibility index (Phi) is 5.34. The molecule has 0 unspecified atom stereocenters. The maximum atomic E-state index is 12.6. The quantitative estimate of drug-likeness (QED) is 0.613. The molecule has 1 heterocycles. The zero-order valence-electron chi connectivity index (χ0n) is 16.3. The number of ether oxygens (including phenoxy) is 1. The summed E-state index contributed by atoms with van der Waals surface area (Å²) in [6, 6.07) is 1.95. The second-order valence-corrected chi connectivity index (χ2v) is 8.64. The Morgan fingerprint density at radius 3 is 2.88 bits per heavy atom. The first-order valence-electron chi connectivity index (χ1n) is 9.79. The minimum absolute atomic E-state index is 0.0583. The van der Waals surface area contributed by atoms with Gasteiger partial charge in [-0.1, -0.05) is 25.5 Å². The third kappa shape index (κ3) is 3.02. The Morgan fingerprint density at radius 2 is 2.19 bits per heavy atom.